The highest BCUT2D eigenvalue weighted by Gasteiger charge is 2.31. The number of nitrogens with one attached hydrogen (secondary N) is 2. The smallest absolute Gasteiger partial charge is 0.271 e. The van der Waals surface area contributed by atoms with E-state index >= 15 is 0 Å². The monoisotopic (exact) mass is 524 g/mol. The molecular weight excluding hydrogens is 498 g/mol. The number of aryl methyl sites for hydroxylation is 1. The highest BCUT2D eigenvalue weighted by Crippen LogP contribution is 2.37. The largest absolute Gasteiger partial charge is 0.348 e. The number of nitrogens with zero attached hydrogens (tertiary/aromatic N) is 2. The van der Waals surface area contributed by atoms with E-state index in [4.69, 9.17) is 11.6 Å². The topological polar surface area (TPSA) is 93.1 Å². The van der Waals surface area contributed by atoms with E-state index in [9.17, 15) is 22.0 Å². The van der Waals surface area contributed by atoms with Crippen LogP contribution in [0.1, 0.15) is 50.2 Å². The van der Waals surface area contributed by atoms with Crippen molar-refractivity contribution in [2.24, 2.45) is 12.5 Å². The van der Waals surface area contributed by atoms with Gasteiger partial charge in [0.25, 0.3) is 22.4 Å². The maximum Gasteiger partial charge on any atom is 0.271 e. The third-order valence-electron chi connectivity index (χ3n) is 5.72. The normalized spacial score (nSPS) is 13.1. The van der Waals surface area contributed by atoms with Crippen LogP contribution in [0.5, 0.6) is 0 Å². The summed E-state index contributed by atoms with van der Waals surface area (Å²) in [5, 5.41) is 7.47. The highest BCUT2D eigenvalue weighted by molar-refractivity contribution is 7.92. The predicted octanol–water partition coefficient (Wildman–Crippen LogP) is 5.64. The summed E-state index contributed by atoms with van der Waals surface area (Å²) in [7, 11) is -2.77. The summed E-state index contributed by atoms with van der Waals surface area (Å²) < 4.78 is 57.6. The molecule has 188 valence electrons. The third-order valence-corrected chi connectivity index (χ3v) is 7.34. The molecule has 1 aromatic heterocycles. The fourth-order valence-electron chi connectivity index (χ4n) is 3.26. The minimum Gasteiger partial charge on any atom is -0.348 e. The first-order chi connectivity index (χ1) is 16.2. The van der Waals surface area contributed by atoms with Crippen LogP contribution in [0.3, 0.4) is 0 Å². The van der Waals surface area contributed by atoms with E-state index in [0.29, 0.717) is 5.02 Å². The minimum absolute atomic E-state index is 0.00910. The van der Waals surface area contributed by atoms with Gasteiger partial charge in [0.2, 0.25) is 0 Å². The lowest BCUT2D eigenvalue weighted by Gasteiger charge is -2.28. The zero-order chi connectivity index (χ0) is 26.1. The standard InChI is InChI=1S/C24H27ClF2N4O3S/c1-14(24(2,3)4)28-23(32)21-20(30-35(33,34)16-12-10-15(25)11-13-16)19(29-31(21)5)17-8-6-7-9-18(17)22(26)27/h6-14,22,30H,1-5H3,(H,28,32). The number of hydrogen-bond donors (Lipinski definition) is 2. The molecule has 1 atom stereocenters. The number of carbonyl (C=O) groups excluding carboxylic acids is 1. The Hall–Kier alpha value is -2.98. The molecule has 0 radical (unpaired) electrons. The number of carbonyl (C=O) groups is 1. The number of aromatic nitrogens is 2. The van der Waals surface area contributed by atoms with E-state index in [1.54, 1.807) is 0 Å². The summed E-state index contributed by atoms with van der Waals surface area (Å²) in [4.78, 5) is 13.2. The van der Waals surface area contributed by atoms with Crippen molar-refractivity contribution in [2.45, 2.75) is 45.1 Å². The van der Waals surface area contributed by atoms with Gasteiger partial charge in [-0.1, -0.05) is 56.6 Å². The molecule has 0 fully saturated rings. The van der Waals surface area contributed by atoms with Gasteiger partial charge in [-0.15, -0.1) is 0 Å². The molecule has 1 amide bonds. The molecule has 0 aliphatic carbocycles. The number of amides is 1. The lowest BCUT2D eigenvalue weighted by Crippen LogP contribution is -2.42. The van der Waals surface area contributed by atoms with Gasteiger partial charge in [0.05, 0.1) is 4.90 Å². The Morgan fingerprint density at radius 1 is 1.09 bits per heavy atom. The molecule has 11 heteroatoms. The van der Waals surface area contributed by atoms with Gasteiger partial charge < -0.3 is 5.32 Å². The van der Waals surface area contributed by atoms with E-state index in [0.717, 1.165) is 0 Å². The van der Waals surface area contributed by atoms with Crippen molar-refractivity contribution >= 4 is 33.2 Å². The molecule has 3 rings (SSSR count). The van der Waals surface area contributed by atoms with Gasteiger partial charge in [-0.2, -0.15) is 5.10 Å². The van der Waals surface area contributed by atoms with Crippen LogP contribution < -0.4 is 10.0 Å². The lowest BCUT2D eigenvalue weighted by atomic mass is 9.88. The molecule has 35 heavy (non-hydrogen) atoms. The molecule has 1 unspecified atom stereocenters. The third kappa shape index (κ3) is 5.82. The number of alkyl halides is 2. The van der Waals surface area contributed by atoms with E-state index in [1.165, 1.54) is 60.3 Å². The zero-order valence-electron chi connectivity index (χ0n) is 19.9. The molecule has 0 saturated heterocycles. The Kier molecular flexibility index (Phi) is 7.56. The molecule has 0 spiro atoms. The van der Waals surface area contributed by atoms with Crippen molar-refractivity contribution in [1.29, 1.82) is 0 Å². The van der Waals surface area contributed by atoms with Crippen molar-refractivity contribution in [1.82, 2.24) is 15.1 Å². The van der Waals surface area contributed by atoms with Gasteiger partial charge in [0.15, 0.2) is 5.69 Å². The number of rotatable bonds is 7. The van der Waals surface area contributed by atoms with Crippen LogP contribution in [0, 0.1) is 5.41 Å². The molecule has 2 N–H and O–H groups in total. The van der Waals surface area contributed by atoms with Crippen LogP contribution in [0.4, 0.5) is 14.5 Å². The number of anilines is 1. The molecule has 2 aromatic carbocycles. The first-order valence-corrected chi connectivity index (χ1v) is 12.6. The Morgan fingerprint density at radius 2 is 1.69 bits per heavy atom. The number of benzene rings is 2. The molecule has 7 nitrogen and oxygen atoms in total. The van der Waals surface area contributed by atoms with E-state index in [-0.39, 0.29) is 44.6 Å². The summed E-state index contributed by atoms with van der Waals surface area (Å²) in [6.07, 6.45) is -2.84. The maximum absolute atomic E-state index is 13.8. The van der Waals surface area contributed by atoms with Crippen LogP contribution in [0.25, 0.3) is 11.3 Å². The Bertz CT molecular complexity index is 1330. The summed E-state index contributed by atoms with van der Waals surface area (Å²) in [6.45, 7) is 7.64. The molecule has 0 saturated carbocycles. The summed E-state index contributed by atoms with van der Waals surface area (Å²) in [6, 6.07) is 10.7. The summed E-state index contributed by atoms with van der Waals surface area (Å²) >= 11 is 5.88. The average molecular weight is 525 g/mol. The lowest BCUT2D eigenvalue weighted by molar-refractivity contribution is 0.0901. The van der Waals surface area contributed by atoms with Crippen LogP contribution in [0.15, 0.2) is 53.4 Å². The molecule has 3 aromatic rings. The molecular formula is C24H27ClF2N4O3S. The molecule has 0 bridgehead atoms. The number of sulfonamides is 1. The van der Waals surface area contributed by atoms with Gasteiger partial charge in [-0.05, 0) is 36.6 Å². The van der Waals surface area contributed by atoms with Gasteiger partial charge in [0.1, 0.15) is 11.4 Å². The molecule has 1 heterocycles. The fourth-order valence-corrected chi connectivity index (χ4v) is 4.46. The Morgan fingerprint density at radius 3 is 2.26 bits per heavy atom. The van der Waals surface area contributed by atoms with Gasteiger partial charge in [0, 0.05) is 29.2 Å². The number of hydrogen-bond acceptors (Lipinski definition) is 4. The Labute approximate surface area is 208 Å². The maximum atomic E-state index is 13.8. The SMILES string of the molecule is CC(NC(=O)c1c(NS(=O)(=O)c2ccc(Cl)cc2)c(-c2ccccc2C(F)F)nn1C)C(C)(C)C. The molecule has 0 aliphatic heterocycles. The van der Waals surface area contributed by atoms with Crippen molar-refractivity contribution in [2.75, 3.05) is 4.72 Å². The zero-order valence-corrected chi connectivity index (χ0v) is 21.5. The second-order valence-electron chi connectivity index (χ2n) is 9.20. The van der Waals surface area contributed by atoms with Gasteiger partial charge in [-0.25, -0.2) is 17.2 Å². The first-order valence-electron chi connectivity index (χ1n) is 10.8. The fraction of sp³-hybridized carbons (Fsp3) is 0.333. The quantitative estimate of drug-likeness (QED) is 0.418. The van der Waals surface area contributed by atoms with E-state index in [1.807, 2.05) is 27.7 Å². The molecule has 0 aliphatic rings. The minimum atomic E-state index is -4.22. The second kappa shape index (κ2) is 9.94. The summed E-state index contributed by atoms with van der Waals surface area (Å²) in [5.41, 5.74) is -1.02. The van der Waals surface area contributed by atoms with Crippen LogP contribution in [0.2, 0.25) is 5.02 Å². The van der Waals surface area contributed by atoms with Crippen LogP contribution >= 0.6 is 11.6 Å². The average Bonchev–Trinajstić information content (AvgIpc) is 3.08. The van der Waals surface area contributed by atoms with Crippen molar-refractivity contribution < 1.29 is 22.0 Å². The van der Waals surface area contributed by atoms with Gasteiger partial charge in [-0.3, -0.25) is 14.2 Å². The van der Waals surface area contributed by atoms with E-state index < -0.39 is 22.4 Å². The summed E-state index contributed by atoms with van der Waals surface area (Å²) in [5.74, 6) is -0.600. The van der Waals surface area contributed by atoms with Gasteiger partial charge >= 0.3 is 0 Å². The Balaban J connectivity index is 2.20. The van der Waals surface area contributed by atoms with Crippen molar-refractivity contribution in [3.05, 3.63) is 64.8 Å². The highest BCUT2D eigenvalue weighted by atomic mass is 35.5. The van der Waals surface area contributed by atoms with E-state index in [2.05, 4.69) is 15.1 Å². The second-order valence-corrected chi connectivity index (χ2v) is 11.3. The number of halogens is 3. The van der Waals surface area contributed by atoms with Crippen molar-refractivity contribution in [3.63, 3.8) is 0 Å². The predicted molar refractivity (Wildman–Crippen MR) is 132 cm³/mol. The van der Waals surface area contributed by atoms with Crippen molar-refractivity contribution in [3.8, 4) is 11.3 Å². The first kappa shape index (κ1) is 26.6. The van der Waals surface area contributed by atoms with Crippen LogP contribution in [-0.4, -0.2) is 30.1 Å². The van der Waals surface area contributed by atoms with Crippen LogP contribution in [-0.2, 0) is 17.1 Å².